The van der Waals surface area contributed by atoms with E-state index < -0.39 is 0 Å². The molecule has 1 aliphatic rings. The molecule has 2 rings (SSSR count). The number of piperidine rings is 1. The van der Waals surface area contributed by atoms with Crippen molar-refractivity contribution in [1.82, 2.24) is 20.4 Å². The molecule has 1 unspecified atom stereocenters. The number of rotatable bonds is 7. The maximum absolute atomic E-state index is 12.0. The van der Waals surface area contributed by atoms with Gasteiger partial charge in [-0.05, 0) is 63.8 Å². The van der Waals surface area contributed by atoms with Crippen LogP contribution in [0.25, 0.3) is 0 Å². The molecule has 0 saturated carbocycles. The van der Waals surface area contributed by atoms with Gasteiger partial charge in [-0.2, -0.15) is 0 Å². The first-order valence-electron chi connectivity index (χ1n) is 10.8. The number of aliphatic imine (C=N–C) groups is 1. The first-order chi connectivity index (χ1) is 13.7. The van der Waals surface area contributed by atoms with Crippen LogP contribution >= 0.6 is 24.0 Å². The Morgan fingerprint density at radius 1 is 1.23 bits per heavy atom. The van der Waals surface area contributed by atoms with Gasteiger partial charge in [0.25, 0.3) is 5.91 Å². The topological polar surface area (TPSA) is 60.0 Å². The highest BCUT2D eigenvalue weighted by Gasteiger charge is 2.30. The largest absolute Gasteiger partial charge is 0.357 e. The normalized spacial score (nSPS) is 17.8. The zero-order valence-electron chi connectivity index (χ0n) is 19.5. The minimum Gasteiger partial charge on any atom is -0.357 e. The van der Waals surface area contributed by atoms with Crippen molar-refractivity contribution in [2.24, 2.45) is 10.9 Å². The fraction of sp³-hybridized carbons (Fsp3) is 0.652. The number of nitrogens with zero attached hydrogens (tertiary/aromatic N) is 3. The lowest BCUT2D eigenvalue weighted by molar-refractivity contribution is 0.0739. The van der Waals surface area contributed by atoms with Gasteiger partial charge in [-0.1, -0.05) is 19.1 Å². The average molecular weight is 530 g/mol. The quantitative estimate of drug-likeness (QED) is 0.322. The molecule has 0 radical (unpaired) electrons. The number of halogens is 1. The predicted molar refractivity (Wildman–Crippen MR) is 137 cm³/mol. The van der Waals surface area contributed by atoms with Crippen LogP contribution in [0.5, 0.6) is 0 Å². The fourth-order valence-corrected chi connectivity index (χ4v) is 3.67. The van der Waals surface area contributed by atoms with Crippen molar-refractivity contribution in [3.8, 4) is 0 Å². The summed E-state index contributed by atoms with van der Waals surface area (Å²) in [4.78, 5) is 20.9. The standard InChI is InChI=1S/C23H39N5O.HI/c1-7-24-22(26-17-23(3,4)28-14-8-9-18(2)16-28)25-15-19-10-12-20(13-11-19)21(29)27(5)6;/h10-13,18H,7-9,14-17H2,1-6H3,(H2,24,25,26);1H. The molecule has 6 nitrogen and oxygen atoms in total. The third-order valence-electron chi connectivity index (χ3n) is 5.57. The number of guanidine groups is 1. The summed E-state index contributed by atoms with van der Waals surface area (Å²) in [7, 11) is 3.53. The number of hydrogen-bond donors (Lipinski definition) is 2. The van der Waals surface area contributed by atoms with Gasteiger partial charge in [-0.25, -0.2) is 4.99 Å². The number of carbonyl (C=O) groups excluding carboxylic acids is 1. The van der Waals surface area contributed by atoms with Gasteiger partial charge in [0.15, 0.2) is 5.96 Å². The van der Waals surface area contributed by atoms with Crippen LogP contribution in [0.2, 0.25) is 0 Å². The first-order valence-corrected chi connectivity index (χ1v) is 10.8. The smallest absolute Gasteiger partial charge is 0.253 e. The number of benzene rings is 1. The van der Waals surface area contributed by atoms with E-state index >= 15 is 0 Å². The summed E-state index contributed by atoms with van der Waals surface area (Å²) in [5, 5.41) is 6.87. The molecule has 7 heteroatoms. The van der Waals surface area contributed by atoms with E-state index in [1.807, 2.05) is 24.3 Å². The summed E-state index contributed by atoms with van der Waals surface area (Å²) < 4.78 is 0. The molecular weight excluding hydrogens is 489 g/mol. The van der Waals surface area contributed by atoms with E-state index in [1.165, 1.54) is 25.9 Å². The molecule has 0 aromatic heterocycles. The Morgan fingerprint density at radius 2 is 1.90 bits per heavy atom. The lowest BCUT2D eigenvalue weighted by Gasteiger charge is -2.43. The van der Waals surface area contributed by atoms with Gasteiger partial charge in [-0.3, -0.25) is 9.69 Å². The number of carbonyl (C=O) groups is 1. The van der Waals surface area contributed by atoms with Gasteiger partial charge in [0, 0.05) is 44.8 Å². The van der Waals surface area contributed by atoms with Crippen molar-refractivity contribution in [3.63, 3.8) is 0 Å². The van der Waals surface area contributed by atoms with Gasteiger partial charge >= 0.3 is 0 Å². The van der Waals surface area contributed by atoms with Crippen LogP contribution in [0.3, 0.4) is 0 Å². The average Bonchev–Trinajstić information content (AvgIpc) is 2.70. The zero-order chi connectivity index (χ0) is 21.4. The SMILES string of the molecule is CCNC(=NCc1ccc(C(=O)N(C)C)cc1)NCC(C)(C)N1CCCC(C)C1.I. The summed E-state index contributed by atoms with van der Waals surface area (Å²) in [6.45, 7) is 13.6. The highest BCUT2D eigenvalue weighted by Crippen LogP contribution is 2.23. The molecule has 1 aromatic rings. The van der Waals surface area contributed by atoms with Crippen LogP contribution in [0, 0.1) is 5.92 Å². The van der Waals surface area contributed by atoms with E-state index in [1.54, 1.807) is 19.0 Å². The Bertz CT molecular complexity index is 687. The Morgan fingerprint density at radius 3 is 2.47 bits per heavy atom. The van der Waals surface area contributed by atoms with Crippen molar-refractivity contribution < 1.29 is 4.79 Å². The van der Waals surface area contributed by atoms with Crippen molar-refractivity contribution >= 4 is 35.8 Å². The van der Waals surface area contributed by atoms with Crippen LogP contribution in [-0.2, 0) is 6.54 Å². The van der Waals surface area contributed by atoms with Crippen LogP contribution in [0.1, 0.15) is 56.5 Å². The first kappa shape index (κ1) is 26.7. The van der Waals surface area contributed by atoms with Crippen molar-refractivity contribution in [1.29, 1.82) is 0 Å². The van der Waals surface area contributed by atoms with E-state index in [0.717, 1.165) is 30.5 Å². The summed E-state index contributed by atoms with van der Waals surface area (Å²) in [6, 6.07) is 7.69. The molecular formula is C23H40IN5O. The van der Waals surface area contributed by atoms with Gasteiger partial charge in [0.2, 0.25) is 0 Å². The highest BCUT2D eigenvalue weighted by atomic mass is 127. The van der Waals surface area contributed by atoms with E-state index in [-0.39, 0.29) is 35.4 Å². The molecule has 1 aliphatic heterocycles. The van der Waals surface area contributed by atoms with Crippen molar-refractivity contribution in [2.75, 3.05) is 40.3 Å². The Labute approximate surface area is 199 Å². The lowest BCUT2D eigenvalue weighted by atomic mass is 9.93. The van der Waals surface area contributed by atoms with E-state index in [9.17, 15) is 4.79 Å². The third-order valence-corrected chi connectivity index (χ3v) is 5.57. The van der Waals surface area contributed by atoms with Gasteiger partial charge in [0.1, 0.15) is 0 Å². The van der Waals surface area contributed by atoms with Crippen molar-refractivity contribution in [2.45, 2.75) is 52.6 Å². The van der Waals surface area contributed by atoms with Crippen LogP contribution in [0.15, 0.2) is 29.3 Å². The molecule has 1 fully saturated rings. The monoisotopic (exact) mass is 529 g/mol. The fourth-order valence-electron chi connectivity index (χ4n) is 3.67. The molecule has 0 aliphatic carbocycles. The summed E-state index contributed by atoms with van der Waals surface area (Å²) >= 11 is 0. The molecule has 1 heterocycles. The molecule has 1 aromatic carbocycles. The van der Waals surface area contributed by atoms with Crippen LogP contribution in [0.4, 0.5) is 0 Å². The zero-order valence-corrected chi connectivity index (χ0v) is 21.8. The molecule has 30 heavy (non-hydrogen) atoms. The van der Waals surface area contributed by atoms with E-state index in [0.29, 0.717) is 12.1 Å². The Kier molecular flexibility index (Phi) is 11.1. The Balaban J connectivity index is 0.00000450. The van der Waals surface area contributed by atoms with Gasteiger partial charge in [0.05, 0.1) is 6.54 Å². The molecule has 0 spiro atoms. The second-order valence-corrected chi connectivity index (χ2v) is 8.95. The summed E-state index contributed by atoms with van der Waals surface area (Å²) in [5.74, 6) is 1.62. The predicted octanol–water partition coefficient (Wildman–Crippen LogP) is 3.57. The number of hydrogen-bond acceptors (Lipinski definition) is 3. The number of amides is 1. The number of nitrogens with one attached hydrogen (secondary N) is 2. The molecule has 0 bridgehead atoms. The molecule has 170 valence electrons. The van der Waals surface area contributed by atoms with Gasteiger partial charge < -0.3 is 15.5 Å². The highest BCUT2D eigenvalue weighted by molar-refractivity contribution is 14.0. The second kappa shape index (κ2) is 12.5. The Hall–Kier alpha value is -1.35. The summed E-state index contributed by atoms with van der Waals surface area (Å²) in [6.07, 6.45) is 2.62. The molecule has 2 N–H and O–H groups in total. The minimum atomic E-state index is 0. The molecule has 1 amide bonds. The van der Waals surface area contributed by atoms with Crippen molar-refractivity contribution in [3.05, 3.63) is 35.4 Å². The maximum atomic E-state index is 12.0. The molecule has 1 atom stereocenters. The van der Waals surface area contributed by atoms with E-state index in [4.69, 9.17) is 4.99 Å². The second-order valence-electron chi connectivity index (χ2n) is 8.95. The minimum absolute atomic E-state index is 0. The van der Waals surface area contributed by atoms with Crippen LogP contribution in [-0.4, -0.2) is 67.5 Å². The molecule has 1 saturated heterocycles. The number of likely N-dealkylation sites (tertiary alicyclic amines) is 1. The summed E-state index contributed by atoms with van der Waals surface area (Å²) in [5.41, 5.74) is 1.87. The third kappa shape index (κ3) is 8.06. The van der Waals surface area contributed by atoms with Gasteiger partial charge in [-0.15, -0.1) is 24.0 Å². The van der Waals surface area contributed by atoms with E-state index in [2.05, 4.69) is 43.2 Å². The van der Waals surface area contributed by atoms with Crippen LogP contribution < -0.4 is 10.6 Å². The maximum Gasteiger partial charge on any atom is 0.253 e. The lowest BCUT2D eigenvalue weighted by Crippen LogP contribution is -2.55.